The number of amides is 2. The second kappa shape index (κ2) is 10.8. The fraction of sp³-hybridized carbons (Fsp3) is 0.385. The number of carbonyl (C=O) groups excluding carboxylic acids is 2. The number of nitrogens with zero attached hydrogens (tertiary/aromatic N) is 1. The molecular formula is C26H33N5O5. The minimum Gasteiger partial charge on any atom is -0.478 e. The highest BCUT2D eigenvalue weighted by atomic mass is 16.4. The average molecular weight is 496 g/mol. The molecule has 1 aliphatic rings. The molecule has 1 heterocycles. The Bertz CT molecular complexity index is 1160. The molecule has 36 heavy (non-hydrogen) atoms. The highest BCUT2D eigenvalue weighted by molar-refractivity contribution is 6.03. The number of amidine groups is 1. The number of aromatic carboxylic acids is 1. The van der Waals surface area contributed by atoms with Crippen LogP contribution in [0.15, 0.2) is 42.5 Å². The van der Waals surface area contributed by atoms with Crippen LogP contribution in [-0.4, -0.2) is 59.1 Å². The third kappa shape index (κ3) is 6.01. The Morgan fingerprint density at radius 2 is 1.78 bits per heavy atom. The van der Waals surface area contributed by atoms with Gasteiger partial charge in [-0.25, -0.2) is 4.79 Å². The van der Waals surface area contributed by atoms with Gasteiger partial charge in [-0.15, -0.1) is 0 Å². The number of carboxylic acid groups (broad SMARTS) is 1. The number of rotatable bonds is 8. The smallest absolute Gasteiger partial charge is 0.337 e. The summed E-state index contributed by atoms with van der Waals surface area (Å²) in [6, 6.07) is 9.87. The molecule has 192 valence electrons. The van der Waals surface area contributed by atoms with Crippen molar-refractivity contribution in [3.63, 3.8) is 0 Å². The molecule has 2 aromatic rings. The summed E-state index contributed by atoms with van der Waals surface area (Å²) < 4.78 is 0. The molecule has 0 radical (unpaired) electrons. The molecule has 0 spiro atoms. The molecule has 0 bridgehead atoms. The van der Waals surface area contributed by atoms with Gasteiger partial charge < -0.3 is 31.5 Å². The maximum Gasteiger partial charge on any atom is 0.337 e. The number of aliphatic hydroxyl groups is 1. The predicted octanol–water partition coefficient (Wildman–Crippen LogP) is 2.41. The van der Waals surface area contributed by atoms with E-state index in [0.717, 1.165) is 0 Å². The molecule has 0 aliphatic carbocycles. The van der Waals surface area contributed by atoms with Crippen LogP contribution in [0, 0.1) is 10.8 Å². The second-order valence-electron chi connectivity index (χ2n) is 9.94. The maximum atomic E-state index is 13.1. The molecule has 1 fully saturated rings. The number of hydrogen-bond donors (Lipinski definition) is 6. The lowest BCUT2D eigenvalue weighted by Crippen LogP contribution is -2.46. The first kappa shape index (κ1) is 26.7. The Kier molecular flexibility index (Phi) is 7.99. The quantitative estimate of drug-likeness (QED) is 0.241. The maximum absolute atomic E-state index is 13.1. The Balaban J connectivity index is 1.82. The molecule has 10 heteroatoms. The third-order valence-electron chi connectivity index (χ3n) is 6.35. The topological polar surface area (TPSA) is 169 Å². The lowest BCUT2D eigenvalue weighted by atomic mass is 9.87. The van der Waals surface area contributed by atoms with Crippen molar-refractivity contribution in [2.45, 2.75) is 45.7 Å². The lowest BCUT2D eigenvalue weighted by molar-refractivity contribution is -0.117. The van der Waals surface area contributed by atoms with E-state index in [-0.39, 0.29) is 34.9 Å². The van der Waals surface area contributed by atoms with Gasteiger partial charge >= 0.3 is 5.97 Å². The van der Waals surface area contributed by atoms with Crippen LogP contribution >= 0.6 is 0 Å². The number of hydrogen-bond acceptors (Lipinski definition) is 6. The summed E-state index contributed by atoms with van der Waals surface area (Å²) in [6.45, 7) is 5.90. The van der Waals surface area contributed by atoms with Gasteiger partial charge in [-0.2, -0.15) is 0 Å². The van der Waals surface area contributed by atoms with Crippen LogP contribution in [0.1, 0.15) is 59.9 Å². The Morgan fingerprint density at radius 3 is 2.33 bits per heavy atom. The van der Waals surface area contributed by atoms with Gasteiger partial charge in [0.15, 0.2) is 0 Å². The monoisotopic (exact) mass is 495 g/mol. The van der Waals surface area contributed by atoms with Gasteiger partial charge in [0.05, 0.1) is 23.9 Å². The number of carboxylic acids is 1. The Labute approximate surface area is 210 Å². The molecule has 2 unspecified atom stereocenters. The van der Waals surface area contributed by atoms with E-state index in [1.807, 2.05) is 20.8 Å². The first-order valence-corrected chi connectivity index (χ1v) is 11.7. The Morgan fingerprint density at radius 1 is 1.14 bits per heavy atom. The summed E-state index contributed by atoms with van der Waals surface area (Å²) in [5.41, 5.74) is 6.60. The SMILES string of the molecule is CC(C)(C)C(CO)NC(=O)c1ccc(N2CCCC2C(=O)Nc2ccc(C(=N)N)cc2)c(C(=O)O)c1. The van der Waals surface area contributed by atoms with Crippen molar-refractivity contribution in [2.24, 2.45) is 11.1 Å². The van der Waals surface area contributed by atoms with E-state index >= 15 is 0 Å². The van der Waals surface area contributed by atoms with Gasteiger partial charge in [0.1, 0.15) is 11.9 Å². The molecule has 2 atom stereocenters. The summed E-state index contributed by atoms with van der Waals surface area (Å²) >= 11 is 0. The number of aliphatic hydroxyl groups excluding tert-OH is 1. The largest absolute Gasteiger partial charge is 0.478 e. The fourth-order valence-corrected chi connectivity index (χ4v) is 4.16. The number of nitrogens with one attached hydrogen (secondary N) is 3. The summed E-state index contributed by atoms with van der Waals surface area (Å²) in [4.78, 5) is 39.7. The number of nitrogen functional groups attached to an aromatic ring is 1. The summed E-state index contributed by atoms with van der Waals surface area (Å²) in [5, 5.41) is 32.6. The number of carbonyl (C=O) groups is 3. The molecule has 3 rings (SSSR count). The number of nitrogens with two attached hydrogens (primary N) is 1. The predicted molar refractivity (Wildman–Crippen MR) is 138 cm³/mol. The highest BCUT2D eigenvalue weighted by Gasteiger charge is 2.34. The van der Waals surface area contributed by atoms with Crippen LogP contribution in [0.2, 0.25) is 0 Å². The van der Waals surface area contributed by atoms with Gasteiger partial charge in [0.25, 0.3) is 5.91 Å². The first-order valence-electron chi connectivity index (χ1n) is 11.7. The van der Waals surface area contributed by atoms with E-state index < -0.39 is 24.0 Å². The number of anilines is 2. The summed E-state index contributed by atoms with van der Waals surface area (Å²) in [6.07, 6.45) is 1.24. The lowest BCUT2D eigenvalue weighted by Gasteiger charge is -2.30. The minimum atomic E-state index is -1.21. The zero-order chi connectivity index (χ0) is 26.6. The summed E-state index contributed by atoms with van der Waals surface area (Å²) in [5.74, 6) is -2.04. The van der Waals surface area contributed by atoms with Crippen LogP contribution in [0.3, 0.4) is 0 Å². The standard InChI is InChI=1S/C26H33N5O5/c1-26(2,3)21(14-32)30-23(33)16-8-11-19(18(13-16)25(35)36)31-12-4-5-20(31)24(34)29-17-9-6-15(7-10-17)22(27)28/h6-11,13,20-21,32H,4-5,12,14H2,1-3H3,(H3,27,28)(H,29,34)(H,30,33)(H,35,36). The van der Waals surface area contributed by atoms with E-state index in [9.17, 15) is 24.6 Å². The minimum absolute atomic E-state index is 0.0709. The Hall–Kier alpha value is -3.92. The van der Waals surface area contributed by atoms with Crippen molar-refractivity contribution in [1.82, 2.24) is 5.32 Å². The molecule has 2 aromatic carbocycles. The van der Waals surface area contributed by atoms with E-state index in [4.69, 9.17) is 11.1 Å². The second-order valence-corrected chi connectivity index (χ2v) is 9.94. The van der Waals surface area contributed by atoms with E-state index in [2.05, 4.69) is 10.6 Å². The van der Waals surface area contributed by atoms with E-state index in [1.54, 1.807) is 35.2 Å². The third-order valence-corrected chi connectivity index (χ3v) is 6.35. The molecule has 2 amide bonds. The molecule has 1 aliphatic heterocycles. The van der Waals surface area contributed by atoms with Crippen molar-refractivity contribution in [3.8, 4) is 0 Å². The molecule has 1 saturated heterocycles. The van der Waals surface area contributed by atoms with Crippen molar-refractivity contribution in [1.29, 1.82) is 5.41 Å². The normalized spacial score (nSPS) is 16.3. The average Bonchev–Trinajstić information content (AvgIpc) is 3.31. The highest BCUT2D eigenvalue weighted by Crippen LogP contribution is 2.31. The van der Waals surface area contributed by atoms with Gasteiger partial charge in [0.2, 0.25) is 5.91 Å². The first-order chi connectivity index (χ1) is 16.9. The molecule has 0 aromatic heterocycles. The molecule has 7 N–H and O–H groups in total. The van der Waals surface area contributed by atoms with Crippen LogP contribution in [-0.2, 0) is 4.79 Å². The molecular weight excluding hydrogens is 462 g/mol. The van der Waals surface area contributed by atoms with Gasteiger partial charge in [-0.3, -0.25) is 15.0 Å². The van der Waals surface area contributed by atoms with Crippen molar-refractivity contribution < 1.29 is 24.6 Å². The van der Waals surface area contributed by atoms with E-state index in [0.29, 0.717) is 36.3 Å². The zero-order valence-electron chi connectivity index (χ0n) is 20.7. The fourth-order valence-electron chi connectivity index (χ4n) is 4.16. The van der Waals surface area contributed by atoms with Crippen molar-refractivity contribution in [2.75, 3.05) is 23.4 Å². The van der Waals surface area contributed by atoms with Gasteiger partial charge in [-0.1, -0.05) is 20.8 Å². The molecule has 10 nitrogen and oxygen atoms in total. The summed E-state index contributed by atoms with van der Waals surface area (Å²) in [7, 11) is 0. The molecule has 0 saturated carbocycles. The van der Waals surface area contributed by atoms with Crippen molar-refractivity contribution >= 4 is 35.0 Å². The number of benzene rings is 2. The zero-order valence-corrected chi connectivity index (χ0v) is 20.7. The van der Waals surface area contributed by atoms with Crippen LogP contribution < -0.4 is 21.3 Å². The van der Waals surface area contributed by atoms with Gasteiger partial charge in [-0.05, 0) is 60.7 Å². The van der Waals surface area contributed by atoms with Crippen LogP contribution in [0.25, 0.3) is 0 Å². The van der Waals surface area contributed by atoms with E-state index in [1.165, 1.54) is 12.1 Å². The van der Waals surface area contributed by atoms with Crippen LogP contribution in [0.4, 0.5) is 11.4 Å². The van der Waals surface area contributed by atoms with Crippen LogP contribution in [0.5, 0.6) is 0 Å². The van der Waals surface area contributed by atoms with Crippen molar-refractivity contribution in [3.05, 3.63) is 59.2 Å². The van der Waals surface area contributed by atoms with Gasteiger partial charge in [0, 0.05) is 23.4 Å².